The second kappa shape index (κ2) is 4.35. The number of halogens is 2. The van der Waals surface area contributed by atoms with Crippen LogP contribution in [0.2, 0.25) is 0 Å². The third-order valence-electron chi connectivity index (χ3n) is 1.29. The zero-order valence-electron chi connectivity index (χ0n) is 6.68. The smallest absolute Gasteiger partial charge is 0.266 e. The quantitative estimate of drug-likeness (QED) is 0.680. The van der Waals surface area contributed by atoms with E-state index in [0.29, 0.717) is 12.2 Å². The molecule has 68 valence electrons. The fraction of sp³-hybridized carbons (Fsp3) is 0.429. The molecule has 0 fully saturated rings. The first-order chi connectivity index (χ1) is 5.68. The molecule has 0 saturated heterocycles. The van der Waals surface area contributed by atoms with Crippen LogP contribution >= 0.6 is 10.7 Å². The molecule has 12 heavy (non-hydrogen) atoms. The van der Waals surface area contributed by atoms with Crippen LogP contribution in [0.1, 0.15) is 13.3 Å². The van der Waals surface area contributed by atoms with Gasteiger partial charge in [-0.05, 0) is 19.4 Å². The van der Waals surface area contributed by atoms with Gasteiger partial charge in [-0.1, -0.05) is 10.7 Å². The molecular formula is C7H10F2N2S. The maximum Gasteiger partial charge on any atom is 0.266 e. The number of aliphatic imine (C=N–C) groups is 1. The first-order valence-electron chi connectivity index (χ1n) is 3.54. The fourth-order valence-electron chi connectivity index (χ4n) is 0.784. The van der Waals surface area contributed by atoms with Crippen LogP contribution < -0.4 is 4.72 Å². The van der Waals surface area contributed by atoms with Gasteiger partial charge in [0.25, 0.3) is 6.08 Å². The maximum atomic E-state index is 11.6. The summed E-state index contributed by atoms with van der Waals surface area (Å²) in [6.07, 6.45) is -0.260. The molecule has 0 amide bonds. The van der Waals surface area contributed by atoms with Crippen molar-refractivity contribution < 1.29 is 8.78 Å². The van der Waals surface area contributed by atoms with Gasteiger partial charge in [-0.3, -0.25) is 0 Å². The van der Waals surface area contributed by atoms with Crippen molar-refractivity contribution in [1.29, 1.82) is 0 Å². The van der Waals surface area contributed by atoms with E-state index in [2.05, 4.69) is 9.71 Å². The molecular weight excluding hydrogens is 182 g/mol. The summed E-state index contributed by atoms with van der Waals surface area (Å²) < 4.78 is 26.3. The van der Waals surface area contributed by atoms with E-state index in [1.165, 1.54) is 0 Å². The van der Waals surface area contributed by atoms with Gasteiger partial charge < -0.3 is 4.72 Å². The summed E-state index contributed by atoms with van der Waals surface area (Å²) in [5, 5.41) is 0. The third kappa shape index (κ3) is 3.13. The molecule has 1 rings (SSSR count). The minimum absolute atomic E-state index is 0.130. The molecule has 1 aliphatic heterocycles. The van der Waals surface area contributed by atoms with Crippen LogP contribution in [0.25, 0.3) is 0 Å². The lowest BCUT2D eigenvalue weighted by atomic mass is 10.5. The highest BCUT2D eigenvalue weighted by Crippen LogP contribution is 2.13. The van der Waals surface area contributed by atoms with E-state index in [1.807, 2.05) is 6.92 Å². The number of nitrogens with one attached hydrogen (secondary N) is 1. The Morgan fingerprint density at radius 3 is 3.00 bits per heavy atom. The average molecular weight is 192 g/mol. The van der Waals surface area contributed by atoms with Gasteiger partial charge in [-0.25, -0.2) is 4.99 Å². The number of rotatable bonds is 3. The van der Waals surface area contributed by atoms with E-state index in [1.54, 1.807) is 5.49 Å². The Morgan fingerprint density at radius 1 is 1.75 bits per heavy atom. The van der Waals surface area contributed by atoms with Crippen LogP contribution in [0.3, 0.4) is 0 Å². The van der Waals surface area contributed by atoms with Crippen LogP contribution in [0.5, 0.6) is 0 Å². The molecule has 0 aromatic heterocycles. The highest BCUT2D eigenvalue weighted by molar-refractivity contribution is 8.14. The third-order valence-corrected chi connectivity index (χ3v) is 2.88. The molecule has 1 aliphatic rings. The molecule has 0 aliphatic carbocycles. The Kier molecular flexibility index (Phi) is 3.40. The van der Waals surface area contributed by atoms with Crippen LogP contribution in [0.4, 0.5) is 8.78 Å². The lowest BCUT2D eigenvalue weighted by Crippen LogP contribution is -2.09. The summed E-state index contributed by atoms with van der Waals surface area (Å²) in [6, 6.07) is 0. The zero-order chi connectivity index (χ0) is 8.97. The van der Waals surface area contributed by atoms with Crippen molar-refractivity contribution in [2.24, 2.45) is 4.99 Å². The van der Waals surface area contributed by atoms with Crippen molar-refractivity contribution in [3.05, 3.63) is 12.2 Å². The topological polar surface area (TPSA) is 24.4 Å². The predicted molar refractivity (Wildman–Crippen MR) is 49.7 cm³/mol. The van der Waals surface area contributed by atoms with Crippen molar-refractivity contribution in [2.75, 3.05) is 5.75 Å². The lowest BCUT2D eigenvalue weighted by molar-refractivity contribution is 0.418. The molecule has 5 heteroatoms. The van der Waals surface area contributed by atoms with E-state index in [9.17, 15) is 8.78 Å². The van der Waals surface area contributed by atoms with Crippen molar-refractivity contribution >= 4 is 22.0 Å². The minimum Gasteiger partial charge on any atom is -0.323 e. The maximum absolute atomic E-state index is 11.6. The SMILES string of the molecule is CC1=NC=S(CCC=C(F)F)N1. The highest BCUT2D eigenvalue weighted by atomic mass is 32.2. The molecule has 1 heterocycles. The minimum atomic E-state index is -1.60. The summed E-state index contributed by atoms with van der Waals surface area (Å²) in [4.78, 5) is 4.00. The molecule has 1 unspecified atom stereocenters. The Labute approximate surface area is 72.4 Å². The molecule has 0 saturated carbocycles. The van der Waals surface area contributed by atoms with Crippen molar-refractivity contribution in [3.63, 3.8) is 0 Å². The van der Waals surface area contributed by atoms with Gasteiger partial charge in [0, 0.05) is 5.75 Å². The van der Waals surface area contributed by atoms with Crippen LogP contribution in [-0.4, -0.2) is 17.1 Å². The average Bonchev–Trinajstić information content (AvgIpc) is 2.35. The van der Waals surface area contributed by atoms with Gasteiger partial charge in [-0.15, -0.1) is 0 Å². The van der Waals surface area contributed by atoms with Gasteiger partial charge in [0.15, 0.2) is 0 Å². The summed E-state index contributed by atoms with van der Waals surface area (Å²) in [5.41, 5.74) is 1.78. The number of hydrogen-bond donors (Lipinski definition) is 1. The summed E-state index contributed by atoms with van der Waals surface area (Å²) >= 11 is 0. The van der Waals surface area contributed by atoms with Crippen molar-refractivity contribution in [2.45, 2.75) is 13.3 Å². The number of nitrogens with zero attached hydrogens (tertiary/aromatic N) is 1. The molecule has 0 spiro atoms. The van der Waals surface area contributed by atoms with Gasteiger partial charge in [0.05, 0.1) is 5.49 Å². The van der Waals surface area contributed by atoms with E-state index in [0.717, 1.165) is 11.9 Å². The largest absolute Gasteiger partial charge is 0.323 e. The Bertz CT molecular complexity index is 254. The van der Waals surface area contributed by atoms with Crippen LogP contribution in [0, 0.1) is 0 Å². The summed E-state index contributed by atoms with van der Waals surface area (Å²) in [7, 11) is -0.130. The number of hydrogen-bond acceptors (Lipinski definition) is 2. The molecule has 0 radical (unpaired) electrons. The van der Waals surface area contributed by atoms with Gasteiger partial charge in [0.2, 0.25) is 0 Å². The van der Waals surface area contributed by atoms with E-state index in [4.69, 9.17) is 0 Å². The molecule has 0 bridgehead atoms. The normalized spacial score (nSPS) is 20.9. The fourth-order valence-corrected chi connectivity index (χ4v) is 2.13. The highest BCUT2D eigenvalue weighted by Gasteiger charge is 2.01. The molecule has 1 N–H and O–H groups in total. The molecule has 0 aromatic carbocycles. The Balaban J connectivity index is 2.23. The van der Waals surface area contributed by atoms with E-state index < -0.39 is 6.08 Å². The Morgan fingerprint density at radius 2 is 2.50 bits per heavy atom. The van der Waals surface area contributed by atoms with Gasteiger partial charge in [-0.2, -0.15) is 8.78 Å². The summed E-state index contributed by atoms with van der Waals surface area (Å²) in [5.74, 6) is 1.56. The van der Waals surface area contributed by atoms with E-state index in [-0.39, 0.29) is 10.7 Å². The first-order valence-corrected chi connectivity index (χ1v) is 4.99. The molecule has 0 aromatic rings. The summed E-state index contributed by atoms with van der Waals surface area (Å²) in [6.45, 7) is 1.86. The van der Waals surface area contributed by atoms with Crippen LogP contribution in [0.15, 0.2) is 17.1 Å². The van der Waals surface area contributed by atoms with E-state index >= 15 is 0 Å². The van der Waals surface area contributed by atoms with Crippen molar-refractivity contribution in [3.8, 4) is 0 Å². The Hall–Kier alpha value is -0.710. The van der Waals surface area contributed by atoms with Gasteiger partial charge >= 0.3 is 0 Å². The lowest BCUT2D eigenvalue weighted by Gasteiger charge is -2.02. The molecule has 1 atom stereocenters. The van der Waals surface area contributed by atoms with Crippen molar-refractivity contribution in [1.82, 2.24) is 4.72 Å². The van der Waals surface area contributed by atoms with Gasteiger partial charge in [0.1, 0.15) is 5.84 Å². The van der Waals surface area contributed by atoms with Crippen LogP contribution in [-0.2, 0) is 0 Å². The number of allylic oxidation sites excluding steroid dienone is 1. The second-order valence-electron chi connectivity index (χ2n) is 2.34. The zero-order valence-corrected chi connectivity index (χ0v) is 7.50. The monoisotopic (exact) mass is 192 g/mol. The number of amidine groups is 1. The predicted octanol–water partition coefficient (Wildman–Crippen LogP) is 2.12. The first kappa shape index (κ1) is 9.38. The second-order valence-corrected chi connectivity index (χ2v) is 4.02. The standard InChI is InChI=1S/C7H10F2N2S/c1-6-10-5-12(11-6)4-2-3-7(8)9/h3,5H,2,4H2,1H3,(H,10,11). The molecule has 2 nitrogen and oxygen atoms in total.